The molecule has 1 aliphatic heterocycles. The van der Waals surface area contributed by atoms with Crippen molar-refractivity contribution in [2.45, 2.75) is 60.9 Å². The van der Waals surface area contributed by atoms with E-state index in [1.54, 1.807) is 0 Å². The van der Waals surface area contributed by atoms with Gasteiger partial charge in [0, 0.05) is 25.7 Å². The maximum Gasteiger partial charge on any atom is 0.227 e. The average Bonchev–Trinajstić information content (AvgIpc) is 2.38. The number of hydrogen-bond donors (Lipinski definition) is 0. The van der Waals surface area contributed by atoms with Crippen molar-refractivity contribution in [3.63, 3.8) is 0 Å². The SMILES string of the molecule is CCCN1CCN(C)C(C(C)(C)C)C(C(C)(C)C)C1=O. The molecule has 1 amide bonds. The summed E-state index contributed by atoms with van der Waals surface area (Å²) >= 11 is 0. The molecule has 1 fully saturated rings. The Labute approximate surface area is 125 Å². The molecule has 2 unspecified atom stereocenters. The molecule has 0 radical (unpaired) electrons. The highest BCUT2D eigenvalue weighted by molar-refractivity contribution is 5.80. The van der Waals surface area contributed by atoms with E-state index < -0.39 is 0 Å². The third-order valence-electron chi connectivity index (χ3n) is 4.40. The molecule has 118 valence electrons. The number of hydrogen-bond acceptors (Lipinski definition) is 2. The monoisotopic (exact) mass is 282 g/mol. The van der Waals surface area contributed by atoms with Gasteiger partial charge in [0.05, 0.1) is 5.92 Å². The van der Waals surface area contributed by atoms with E-state index in [0.29, 0.717) is 5.91 Å². The van der Waals surface area contributed by atoms with E-state index in [1.165, 1.54) is 0 Å². The predicted molar refractivity (Wildman–Crippen MR) is 85.7 cm³/mol. The lowest BCUT2D eigenvalue weighted by atomic mass is 9.67. The second-order valence-electron chi connectivity index (χ2n) is 8.46. The Morgan fingerprint density at radius 2 is 1.60 bits per heavy atom. The predicted octanol–water partition coefficient (Wildman–Crippen LogP) is 3.25. The molecule has 0 spiro atoms. The maximum atomic E-state index is 13.1. The van der Waals surface area contributed by atoms with E-state index >= 15 is 0 Å². The lowest BCUT2D eigenvalue weighted by molar-refractivity contribution is -0.141. The van der Waals surface area contributed by atoms with Crippen molar-refractivity contribution in [3.05, 3.63) is 0 Å². The van der Waals surface area contributed by atoms with Crippen LogP contribution in [-0.4, -0.2) is 48.4 Å². The lowest BCUT2D eigenvalue weighted by Crippen LogP contribution is -2.53. The summed E-state index contributed by atoms with van der Waals surface area (Å²) in [6.07, 6.45) is 1.03. The molecule has 3 nitrogen and oxygen atoms in total. The maximum absolute atomic E-state index is 13.1. The Morgan fingerprint density at radius 1 is 1.05 bits per heavy atom. The Morgan fingerprint density at radius 3 is 2.00 bits per heavy atom. The van der Waals surface area contributed by atoms with Crippen LogP contribution < -0.4 is 0 Å². The van der Waals surface area contributed by atoms with Crippen molar-refractivity contribution in [1.29, 1.82) is 0 Å². The third-order valence-corrected chi connectivity index (χ3v) is 4.40. The van der Waals surface area contributed by atoms with Gasteiger partial charge in [0.15, 0.2) is 0 Å². The van der Waals surface area contributed by atoms with Gasteiger partial charge in [-0.3, -0.25) is 4.79 Å². The fraction of sp³-hybridized carbons (Fsp3) is 0.941. The lowest BCUT2D eigenvalue weighted by Gasteiger charge is -2.45. The van der Waals surface area contributed by atoms with Gasteiger partial charge in [0.25, 0.3) is 0 Å². The van der Waals surface area contributed by atoms with Gasteiger partial charge >= 0.3 is 0 Å². The molecule has 0 aromatic heterocycles. The quantitative estimate of drug-likeness (QED) is 0.776. The minimum absolute atomic E-state index is 0.0143. The molecule has 2 atom stereocenters. The number of nitrogens with zero attached hydrogens (tertiary/aromatic N) is 2. The van der Waals surface area contributed by atoms with Crippen LogP contribution in [0.4, 0.5) is 0 Å². The topological polar surface area (TPSA) is 23.6 Å². The largest absolute Gasteiger partial charge is 0.341 e. The van der Waals surface area contributed by atoms with E-state index in [0.717, 1.165) is 26.1 Å². The summed E-state index contributed by atoms with van der Waals surface area (Å²) in [7, 11) is 2.18. The molecule has 1 aliphatic rings. The number of amides is 1. The number of likely N-dealkylation sites (N-methyl/N-ethyl adjacent to an activating group) is 1. The first-order valence-corrected chi connectivity index (χ1v) is 7.99. The molecule has 0 aliphatic carbocycles. The van der Waals surface area contributed by atoms with E-state index in [1.807, 2.05) is 0 Å². The highest BCUT2D eigenvalue weighted by Crippen LogP contribution is 2.41. The van der Waals surface area contributed by atoms with Crippen LogP contribution in [0.2, 0.25) is 0 Å². The first-order valence-electron chi connectivity index (χ1n) is 7.99. The molecule has 1 heterocycles. The van der Waals surface area contributed by atoms with Crippen LogP contribution in [-0.2, 0) is 4.79 Å². The smallest absolute Gasteiger partial charge is 0.227 e. The summed E-state index contributed by atoms with van der Waals surface area (Å²) in [5.74, 6) is 0.408. The fourth-order valence-electron chi connectivity index (χ4n) is 3.61. The number of carbonyl (C=O) groups is 1. The summed E-state index contributed by atoms with van der Waals surface area (Å²) in [4.78, 5) is 17.6. The van der Waals surface area contributed by atoms with Crippen LogP contribution in [0.25, 0.3) is 0 Å². The molecule has 0 aromatic rings. The zero-order valence-corrected chi connectivity index (χ0v) is 14.8. The van der Waals surface area contributed by atoms with Crippen LogP contribution >= 0.6 is 0 Å². The second-order valence-corrected chi connectivity index (χ2v) is 8.46. The normalized spacial score (nSPS) is 26.8. The minimum Gasteiger partial charge on any atom is -0.341 e. The molecule has 20 heavy (non-hydrogen) atoms. The minimum atomic E-state index is -0.0143. The van der Waals surface area contributed by atoms with E-state index in [4.69, 9.17) is 0 Å². The molecule has 1 saturated heterocycles. The van der Waals surface area contributed by atoms with Crippen molar-refractivity contribution in [2.75, 3.05) is 26.7 Å². The van der Waals surface area contributed by atoms with Gasteiger partial charge < -0.3 is 9.80 Å². The molecule has 0 bridgehead atoms. The van der Waals surface area contributed by atoms with Crippen molar-refractivity contribution < 1.29 is 4.79 Å². The zero-order chi connectivity index (χ0) is 15.7. The fourth-order valence-corrected chi connectivity index (χ4v) is 3.61. The second kappa shape index (κ2) is 6.05. The molecule has 0 N–H and O–H groups in total. The Kier molecular flexibility index (Phi) is 5.29. The van der Waals surface area contributed by atoms with Gasteiger partial charge in [-0.2, -0.15) is 0 Å². The first-order chi connectivity index (χ1) is 9.00. The van der Waals surface area contributed by atoms with Crippen LogP contribution in [0.3, 0.4) is 0 Å². The Hall–Kier alpha value is -0.570. The van der Waals surface area contributed by atoms with Gasteiger partial charge in [0.2, 0.25) is 5.91 Å². The van der Waals surface area contributed by atoms with Crippen LogP contribution in [0.5, 0.6) is 0 Å². The Balaban J connectivity index is 3.24. The van der Waals surface area contributed by atoms with Crippen LogP contribution in [0, 0.1) is 16.7 Å². The average molecular weight is 282 g/mol. The van der Waals surface area contributed by atoms with Gasteiger partial charge in [-0.15, -0.1) is 0 Å². The third kappa shape index (κ3) is 3.75. The first kappa shape index (κ1) is 17.5. The standard InChI is InChI=1S/C17H34N2O/c1-9-10-19-12-11-18(8)14(17(5,6)7)13(15(19)20)16(2,3)4/h13-14H,9-12H2,1-8H3. The van der Waals surface area contributed by atoms with Crippen molar-refractivity contribution in [3.8, 4) is 0 Å². The molecular weight excluding hydrogens is 248 g/mol. The Bertz CT molecular complexity index is 338. The number of rotatable bonds is 2. The summed E-state index contributed by atoms with van der Waals surface area (Å²) in [6, 6.07) is 0.289. The van der Waals surface area contributed by atoms with Crippen LogP contribution in [0.15, 0.2) is 0 Å². The molecule has 3 heteroatoms. The van der Waals surface area contributed by atoms with Gasteiger partial charge in [-0.1, -0.05) is 48.5 Å². The van der Waals surface area contributed by atoms with Gasteiger partial charge in [-0.05, 0) is 24.3 Å². The van der Waals surface area contributed by atoms with E-state index in [-0.39, 0.29) is 22.8 Å². The van der Waals surface area contributed by atoms with Crippen molar-refractivity contribution in [1.82, 2.24) is 9.80 Å². The van der Waals surface area contributed by atoms with Crippen LogP contribution in [0.1, 0.15) is 54.9 Å². The molecule has 0 aromatic carbocycles. The van der Waals surface area contributed by atoms with Crippen molar-refractivity contribution >= 4 is 5.91 Å². The zero-order valence-electron chi connectivity index (χ0n) is 14.8. The summed E-state index contributed by atoms with van der Waals surface area (Å²) in [5, 5.41) is 0. The number of carbonyl (C=O) groups excluding carboxylic acids is 1. The van der Waals surface area contributed by atoms with E-state index in [9.17, 15) is 4.79 Å². The highest BCUT2D eigenvalue weighted by atomic mass is 16.2. The van der Waals surface area contributed by atoms with Crippen molar-refractivity contribution in [2.24, 2.45) is 16.7 Å². The summed E-state index contributed by atoms with van der Waals surface area (Å²) in [5.41, 5.74) is 0.0875. The molecule has 1 rings (SSSR count). The van der Waals surface area contributed by atoms with Gasteiger partial charge in [-0.25, -0.2) is 0 Å². The summed E-state index contributed by atoms with van der Waals surface area (Å²) in [6.45, 7) is 18.3. The summed E-state index contributed by atoms with van der Waals surface area (Å²) < 4.78 is 0. The molecule has 0 saturated carbocycles. The van der Waals surface area contributed by atoms with E-state index in [2.05, 4.69) is 65.3 Å². The highest BCUT2D eigenvalue weighted by Gasteiger charge is 2.47. The molecular formula is C17H34N2O. The van der Waals surface area contributed by atoms with Gasteiger partial charge in [0.1, 0.15) is 0 Å².